The van der Waals surface area contributed by atoms with Gasteiger partial charge in [0.05, 0.1) is 16.8 Å². The van der Waals surface area contributed by atoms with E-state index in [4.69, 9.17) is 16.3 Å². The number of aromatic nitrogens is 1. The Kier molecular flexibility index (Phi) is 6.49. The smallest absolute Gasteiger partial charge is 0.253 e. The first-order valence-electron chi connectivity index (χ1n) is 9.14. The van der Waals surface area contributed by atoms with Crippen LogP contribution < -0.4 is 10.1 Å². The summed E-state index contributed by atoms with van der Waals surface area (Å²) >= 11 is 6.06. The van der Waals surface area contributed by atoms with Crippen molar-refractivity contribution in [3.05, 3.63) is 70.4 Å². The SMILES string of the molecule is Cc1nc2ccc(Cl)cc2cc1C(=O)NCc1cccc(OCCN(C)C)c1. The highest BCUT2D eigenvalue weighted by Crippen LogP contribution is 2.21. The predicted octanol–water partition coefficient (Wildman–Crippen LogP) is 4.07. The molecule has 0 unspecified atom stereocenters. The Morgan fingerprint density at radius 1 is 1.18 bits per heavy atom. The van der Waals surface area contributed by atoms with Crippen molar-refractivity contribution in [2.75, 3.05) is 27.2 Å². The van der Waals surface area contributed by atoms with Gasteiger partial charge in [0.1, 0.15) is 12.4 Å². The quantitative estimate of drug-likeness (QED) is 0.653. The number of hydrogen-bond acceptors (Lipinski definition) is 4. The normalized spacial score (nSPS) is 11.0. The molecule has 1 aromatic heterocycles. The Balaban J connectivity index is 1.67. The molecule has 1 N–H and O–H groups in total. The van der Waals surface area contributed by atoms with Gasteiger partial charge in [0.2, 0.25) is 0 Å². The fourth-order valence-electron chi connectivity index (χ4n) is 2.84. The number of likely N-dealkylation sites (N-methyl/N-ethyl adjacent to an activating group) is 1. The van der Waals surface area contributed by atoms with Gasteiger partial charge in [-0.2, -0.15) is 0 Å². The minimum absolute atomic E-state index is 0.161. The van der Waals surface area contributed by atoms with Crippen molar-refractivity contribution in [3.63, 3.8) is 0 Å². The van der Waals surface area contributed by atoms with Crippen LogP contribution in [-0.4, -0.2) is 43.0 Å². The van der Waals surface area contributed by atoms with E-state index >= 15 is 0 Å². The van der Waals surface area contributed by atoms with Crippen LogP contribution in [-0.2, 0) is 6.54 Å². The average Bonchev–Trinajstić information content (AvgIpc) is 2.66. The van der Waals surface area contributed by atoms with Gasteiger partial charge in [0.25, 0.3) is 5.91 Å². The Bertz CT molecular complexity index is 989. The number of halogens is 1. The van der Waals surface area contributed by atoms with Crippen molar-refractivity contribution >= 4 is 28.4 Å². The van der Waals surface area contributed by atoms with Crippen LogP contribution in [0.15, 0.2) is 48.5 Å². The molecule has 1 heterocycles. The molecule has 0 atom stereocenters. The molecule has 0 aliphatic carbocycles. The van der Waals surface area contributed by atoms with Crippen molar-refractivity contribution in [1.29, 1.82) is 0 Å². The summed E-state index contributed by atoms with van der Waals surface area (Å²) in [6.45, 7) is 3.71. The first-order valence-corrected chi connectivity index (χ1v) is 9.52. The van der Waals surface area contributed by atoms with E-state index in [1.54, 1.807) is 6.07 Å². The molecule has 6 heteroatoms. The Labute approximate surface area is 170 Å². The van der Waals surface area contributed by atoms with Crippen molar-refractivity contribution in [1.82, 2.24) is 15.2 Å². The molecule has 0 radical (unpaired) electrons. The second-order valence-corrected chi connectivity index (χ2v) is 7.38. The third-order valence-corrected chi connectivity index (χ3v) is 4.61. The number of nitrogens with zero attached hydrogens (tertiary/aromatic N) is 2. The molecule has 3 rings (SSSR count). The summed E-state index contributed by atoms with van der Waals surface area (Å²) in [5, 5.41) is 4.43. The molecule has 0 aliphatic heterocycles. The van der Waals surface area contributed by atoms with E-state index in [-0.39, 0.29) is 5.91 Å². The zero-order valence-corrected chi connectivity index (χ0v) is 17.1. The summed E-state index contributed by atoms with van der Waals surface area (Å²) < 4.78 is 5.75. The second-order valence-electron chi connectivity index (χ2n) is 6.94. The van der Waals surface area contributed by atoms with Gasteiger partial charge in [-0.05, 0) is 63.0 Å². The van der Waals surface area contributed by atoms with Crippen LogP contribution in [0.2, 0.25) is 5.02 Å². The molecule has 146 valence electrons. The van der Waals surface area contributed by atoms with Gasteiger partial charge in [-0.25, -0.2) is 0 Å². The van der Waals surface area contributed by atoms with Gasteiger partial charge >= 0.3 is 0 Å². The van der Waals surface area contributed by atoms with Crippen molar-refractivity contribution in [2.24, 2.45) is 0 Å². The van der Waals surface area contributed by atoms with Crippen LogP contribution in [0.1, 0.15) is 21.6 Å². The van der Waals surface area contributed by atoms with E-state index in [0.29, 0.717) is 29.4 Å². The lowest BCUT2D eigenvalue weighted by Gasteiger charge is -2.12. The van der Waals surface area contributed by atoms with Gasteiger partial charge in [-0.15, -0.1) is 0 Å². The number of hydrogen-bond donors (Lipinski definition) is 1. The van der Waals surface area contributed by atoms with Crippen LogP contribution in [0.25, 0.3) is 10.9 Å². The Hall–Kier alpha value is -2.63. The Morgan fingerprint density at radius 3 is 2.79 bits per heavy atom. The maximum absolute atomic E-state index is 12.7. The van der Waals surface area contributed by atoms with Gasteiger partial charge < -0.3 is 15.0 Å². The van der Waals surface area contributed by atoms with Crippen LogP contribution in [0.5, 0.6) is 5.75 Å². The first kappa shape index (κ1) is 20.1. The first-order chi connectivity index (χ1) is 13.4. The van der Waals surface area contributed by atoms with Gasteiger partial charge in [-0.3, -0.25) is 9.78 Å². The average molecular weight is 398 g/mol. The molecule has 0 aliphatic rings. The number of carbonyl (C=O) groups is 1. The maximum atomic E-state index is 12.7. The zero-order valence-electron chi connectivity index (χ0n) is 16.3. The van der Waals surface area contributed by atoms with E-state index in [1.165, 1.54) is 0 Å². The number of aryl methyl sites for hydroxylation is 1. The minimum Gasteiger partial charge on any atom is -0.492 e. The standard InChI is InChI=1S/C22H24ClN3O2/c1-15-20(13-17-12-18(23)7-8-21(17)25-15)22(27)24-14-16-5-4-6-19(11-16)28-10-9-26(2)3/h4-8,11-13H,9-10,14H2,1-3H3,(H,24,27). The summed E-state index contributed by atoms with van der Waals surface area (Å²) in [6, 6.07) is 15.1. The molecule has 28 heavy (non-hydrogen) atoms. The molecule has 3 aromatic rings. The van der Waals surface area contributed by atoms with Crippen LogP contribution in [0.4, 0.5) is 0 Å². The highest BCUT2D eigenvalue weighted by molar-refractivity contribution is 6.31. The highest BCUT2D eigenvalue weighted by Gasteiger charge is 2.12. The van der Waals surface area contributed by atoms with Crippen LogP contribution >= 0.6 is 11.6 Å². The molecule has 1 amide bonds. The van der Waals surface area contributed by atoms with Crippen molar-refractivity contribution in [3.8, 4) is 5.75 Å². The lowest BCUT2D eigenvalue weighted by atomic mass is 10.1. The fraction of sp³-hybridized carbons (Fsp3) is 0.273. The van der Waals surface area contributed by atoms with Crippen LogP contribution in [0.3, 0.4) is 0 Å². The minimum atomic E-state index is -0.161. The van der Waals surface area contributed by atoms with Gasteiger partial charge in [-0.1, -0.05) is 23.7 Å². The van der Waals surface area contributed by atoms with Crippen molar-refractivity contribution < 1.29 is 9.53 Å². The molecule has 0 fully saturated rings. The number of fused-ring (bicyclic) bond motifs is 1. The molecule has 0 saturated carbocycles. The van der Waals surface area contributed by atoms with Gasteiger partial charge in [0, 0.05) is 23.5 Å². The summed E-state index contributed by atoms with van der Waals surface area (Å²) in [4.78, 5) is 19.3. The van der Waals surface area contributed by atoms with Crippen LogP contribution in [0, 0.1) is 6.92 Å². The molecule has 0 bridgehead atoms. The number of ether oxygens (including phenoxy) is 1. The third kappa shape index (κ3) is 5.21. The van der Waals surface area contributed by atoms with E-state index < -0.39 is 0 Å². The largest absolute Gasteiger partial charge is 0.492 e. The topological polar surface area (TPSA) is 54.5 Å². The highest BCUT2D eigenvalue weighted by atomic mass is 35.5. The Morgan fingerprint density at radius 2 is 2.00 bits per heavy atom. The van der Waals surface area contributed by atoms with Crippen molar-refractivity contribution in [2.45, 2.75) is 13.5 Å². The number of benzene rings is 2. The third-order valence-electron chi connectivity index (χ3n) is 4.37. The summed E-state index contributed by atoms with van der Waals surface area (Å²) in [5.74, 6) is 0.637. The molecular formula is C22H24ClN3O2. The monoisotopic (exact) mass is 397 g/mol. The number of pyridine rings is 1. The predicted molar refractivity (Wildman–Crippen MR) is 113 cm³/mol. The van der Waals surface area contributed by atoms with E-state index in [2.05, 4.69) is 15.2 Å². The number of nitrogens with one attached hydrogen (secondary N) is 1. The summed E-state index contributed by atoms with van der Waals surface area (Å²) in [7, 11) is 4.01. The van der Waals surface area contributed by atoms with E-state index in [9.17, 15) is 4.79 Å². The summed E-state index contributed by atoms with van der Waals surface area (Å²) in [5.41, 5.74) is 3.03. The number of rotatable bonds is 7. The maximum Gasteiger partial charge on any atom is 0.253 e. The number of amides is 1. The van der Waals surface area contributed by atoms with Gasteiger partial charge in [0.15, 0.2) is 0 Å². The van der Waals surface area contributed by atoms with E-state index in [1.807, 2.05) is 63.5 Å². The van der Waals surface area contributed by atoms with E-state index in [0.717, 1.165) is 28.8 Å². The fourth-order valence-corrected chi connectivity index (χ4v) is 3.02. The number of carbonyl (C=O) groups excluding carboxylic acids is 1. The molecule has 0 spiro atoms. The molecule has 2 aromatic carbocycles. The molecule has 5 nitrogen and oxygen atoms in total. The lowest BCUT2D eigenvalue weighted by molar-refractivity contribution is 0.0950. The zero-order chi connectivity index (χ0) is 20.1. The summed E-state index contributed by atoms with van der Waals surface area (Å²) in [6.07, 6.45) is 0. The molecular weight excluding hydrogens is 374 g/mol. The lowest BCUT2D eigenvalue weighted by Crippen LogP contribution is -2.24. The second kappa shape index (κ2) is 9.04. The molecule has 0 saturated heterocycles.